The molecular formula is C12H14N2OS. The molecule has 0 aliphatic rings. The van der Waals surface area contributed by atoms with Gasteiger partial charge in [-0.1, -0.05) is 12.1 Å². The van der Waals surface area contributed by atoms with E-state index >= 15 is 0 Å². The molecule has 1 aromatic heterocycles. The first-order chi connectivity index (χ1) is 7.61. The molecule has 0 aliphatic carbocycles. The molecule has 5 N–H and O–H groups in total. The van der Waals surface area contributed by atoms with Crippen LogP contribution in [0.15, 0.2) is 29.6 Å². The number of nitrogen functional groups attached to an aromatic ring is 1. The van der Waals surface area contributed by atoms with Crippen LogP contribution in [0.1, 0.15) is 22.0 Å². The smallest absolute Gasteiger partial charge is 0.143 e. The summed E-state index contributed by atoms with van der Waals surface area (Å²) in [5.74, 6) is 0.0981. The van der Waals surface area contributed by atoms with Crippen molar-refractivity contribution >= 4 is 17.0 Å². The minimum atomic E-state index is -0.316. The molecule has 0 bridgehead atoms. The van der Waals surface area contributed by atoms with Crippen molar-refractivity contribution in [2.24, 2.45) is 5.73 Å². The second kappa shape index (κ2) is 4.15. The molecule has 2 aromatic rings. The van der Waals surface area contributed by atoms with Crippen LogP contribution in [-0.2, 0) is 0 Å². The van der Waals surface area contributed by atoms with Gasteiger partial charge in [0.15, 0.2) is 0 Å². The zero-order chi connectivity index (χ0) is 11.7. The first-order valence-electron chi connectivity index (χ1n) is 4.98. The Labute approximate surface area is 98.3 Å². The van der Waals surface area contributed by atoms with Gasteiger partial charge in [-0.15, -0.1) is 11.3 Å². The van der Waals surface area contributed by atoms with E-state index in [4.69, 9.17) is 11.5 Å². The lowest BCUT2D eigenvalue weighted by Gasteiger charge is -2.16. The summed E-state index contributed by atoms with van der Waals surface area (Å²) in [5, 5.41) is 11.9. The summed E-state index contributed by atoms with van der Waals surface area (Å²) < 4.78 is 0. The van der Waals surface area contributed by atoms with Crippen molar-refractivity contribution in [1.29, 1.82) is 0 Å². The van der Waals surface area contributed by atoms with Crippen molar-refractivity contribution in [3.8, 4) is 5.75 Å². The van der Waals surface area contributed by atoms with Crippen LogP contribution in [0.5, 0.6) is 5.75 Å². The van der Waals surface area contributed by atoms with E-state index in [-0.39, 0.29) is 11.8 Å². The van der Waals surface area contributed by atoms with Crippen LogP contribution in [0.2, 0.25) is 0 Å². The first-order valence-corrected chi connectivity index (χ1v) is 5.86. The number of hydrogen-bond acceptors (Lipinski definition) is 4. The molecule has 0 amide bonds. The number of nitrogens with two attached hydrogens (primary N) is 2. The van der Waals surface area contributed by atoms with Gasteiger partial charge in [0.2, 0.25) is 0 Å². The fraction of sp³-hybridized carbons (Fsp3) is 0.167. The van der Waals surface area contributed by atoms with Crippen LogP contribution >= 0.6 is 11.3 Å². The van der Waals surface area contributed by atoms with Crippen LogP contribution in [0, 0.1) is 6.92 Å². The molecule has 3 nitrogen and oxygen atoms in total. The molecule has 4 heteroatoms. The van der Waals surface area contributed by atoms with Gasteiger partial charge in [0.1, 0.15) is 5.75 Å². The molecule has 0 radical (unpaired) electrons. The lowest BCUT2D eigenvalue weighted by atomic mass is 9.98. The normalized spacial score (nSPS) is 12.6. The predicted octanol–water partition coefficient (Wildman–Crippen LogP) is 2.39. The van der Waals surface area contributed by atoms with Gasteiger partial charge in [0.25, 0.3) is 0 Å². The van der Waals surface area contributed by atoms with Gasteiger partial charge in [0.05, 0.1) is 11.7 Å². The lowest BCUT2D eigenvalue weighted by Crippen LogP contribution is -2.12. The maximum absolute atomic E-state index is 9.95. The van der Waals surface area contributed by atoms with Gasteiger partial charge < -0.3 is 16.6 Å². The van der Waals surface area contributed by atoms with E-state index in [0.717, 1.165) is 10.4 Å². The summed E-state index contributed by atoms with van der Waals surface area (Å²) in [6.07, 6.45) is 0. The third-order valence-electron chi connectivity index (χ3n) is 2.63. The number of phenols is 1. The Kier molecular flexibility index (Phi) is 2.85. The van der Waals surface area contributed by atoms with Gasteiger partial charge >= 0.3 is 0 Å². The Morgan fingerprint density at radius 1 is 1.31 bits per heavy atom. The monoisotopic (exact) mass is 234 g/mol. The predicted molar refractivity (Wildman–Crippen MR) is 67.6 cm³/mol. The Morgan fingerprint density at radius 3 is 2.69 bits per heavy atom. The van der Waals surface area contributed by atoms with Gasteiger partial charge in [-0.2, -0.15) is 0 Å². The van der Waals surface area contributed by atoms with Crippen molar-refractivity contribution in [2.75, 3.05) is 5.73 Å². The molecule has 0 spiro atoms. The molecule has 0 aliphatic heterocycles. The third kappa shape index (κ3) is 1.77. The summed E-state index contributed by atoms with van der Waals surface area (Å²) in [6.45, 7) is 1.92. The third-order valence-corrected chi connectivity index (χ3v) is 3.58. The van der Waals surface area contributed by atoms with E-state index in [2.05, 4.69) is 0 Å². The quantitative estimate of drug-likeness (QED) is 0.552. The Morgan fingerprint density at radius 2 is 2.06 bits per heavy atom. The minimum absolute atomic E-state index is 0.0981. The molecule has 0 saturated heterocycles. The lowest BCUT2D eigenvalue weighted by molar-refractivity contribution is 0.467. The fourth-order valence-corrected chi connectivity index (χ4v) is 2.46. The average Bonchev–Trinajstić information content (AvgIpc) is 2.77. The number of aryl methyl sites for hydroxylation is 1. The molecule has 1 aromatic carbocycles. The molecular weight excluding hydrogens is 220 g/mol. The minimum Gasteiger partial charge on any atom is -0.505 e. The first kappa shape index (κ1) is 11.0. The van der Waals surface area contributed by atoms with Crippen molar-refractivity contribution in [1.82, 2.24) is 0 Å². The number of thiophene rings is 1. The highest BCUT2D eigenvalue weighted by molar-refractivity contribution is 7.10. The van der Waals surface area contributed by atoms with Crippen LogP contribution < -0.4 is 11.5 Å². The Balaban J connectivity index is 2.52. The summed E-state index contributed by atoms with van der Waals surface area (Å²) in [7, 11) is 0. The zero-order valence-electron chi connectivity index (χ0n) is 8.97. The molecule has 0 saturated carbocycles. The van der Waals surface area contributed by atoms with E-state index in [1.165, 1.54) is 0 Å². The van der Waals surface area contributed by atoms with Crippen molar-refractivity contribution in [3.63, 3.8) is 0 Å². The largest absolute Gasteiger partial charge is 0.505 e. The molecule has 84 valence electrons. The molecule has 1 heterocycles. The number of benzene rings is 1. The van der Waals surface area contributed by atoms with Crippen LogP contribution in [0.3, 0.4) is 0 Å². The zero-order valence-corrected chi connectivity index (χ0v) is 9.79. The van der Waals surface area contributed by atoms with E-state index < -0.39 is 0 Å². The van der Waals surface area contributed by atoms with E-state index in [1.54, 1.807) is 17.4 Å². The number of anilines is 1. The summed E-state index contributed by atoms with van der Waals surface area (Å²) in [5.41, 5.74) is 13.8. The number of rotatable bonds is 2. The Bertz CT molecular complexity index is 494. The van der Waals surface area contributed by atoms with Crippen LogP contribution in [0.4, 0.5) is 5.69 Å². The number of hydrogen-bond donors (Lipinski definition) is 3. The number of aromatic hydroxyl groups is 1. The van der Waals surface area contributed by atoms with E-state index in [0.29, 0.717) is 11.3 Å². The standard InChI is InChI=1S/C12H14N2OS/c1-7-4-5-8(13)12(15)10(7)11(14)9-3-2-6-16-9/h2-6,11,15H,13-14H2,1H3/t11-/m1/s1. The topological polar surface area (TPSA) is 72.3 Å². The van der Waals surface area contributed by atoms with E-state index in [9.17, 15) is 5.11 Å². The van der Waals surface area contributed by atoms with Crippen molar-refractivity contribution in [2.45, 2.75) is 13.0 Å². The number of phenolic OH excluding ortho intramolecular Hbond substituents is 1. The Hall–Kier alpha value is -1.52. The summed E-state index contributed by atoms with van der Waals surface area (Å²) in [6, 6.07) is 7.15. The van der Waals surface area contributed by atoms with Crippen molar-refractivity contribution in [3.05, 3.63) is 45.6 Å². The summed E-state index contributed by atoms with van der Waals surface area (Å²) >= 11 is 1.57. The highest BCUT2D eigenvalue weighted by Gasteiger charge is 2.18. The highest BCUT2D eigenvalue weighted by Crippen LogP contribution is 2.35. The van der Waals surface area contributed by atoms with Gasteiger partial charge in [-0.3, -0.25) is 0 Å². The molecule has 1 atom stereocenters. The second-order valence-electron chi connectivity index (χ2n) is 3.73. The van der Waals surface area contributed by atoms with Crippen molar-refractivity contribution < 1.29 is 5.11 Å². The highest BCUT2D eigenvalue weighted by atomic mass is 32.1. The summed E-state index contributed by atoms with van der Waals surface area (Å²) in [4.78, 5) is 1.02. The van der Waals surface area contributed by atoms with Gasteiger partial charge in [0, 0.05) is 10.4 Å². The molecule has 16 heavy (non-hydrogen) atoms. The molecule has 0 fully saturated rings. The van der Waals surface area contributed by atoms with Gasteiger partial charge in [-0.25, -0.2) is 0 Å². The van der Waals surface area contributed by atoms with Crippen LogP contribution in [0.25, 0.3) is 0 Å². The second-order valence-corrected chi connectivity index (χ2v) is 4.71. The maximum Gasteiger partial charge on any atom is 0.143 e. The SMILES string of the molecule is Cc1ccc(N)c(O)c1[C@H](N)c1cccs1. The molecule has 2 rings (SSSR count). The fourth-order valence-electron chi connectivity index (χ4n) is 1.73. The average molecular weight is 234 g/mol. The van der Waals surface area contributed by atoms with E-state index in [1.807, 2.05) is 30.5 Å². The maximum atomic E-state index is 9.95. The van der Waals surface area contributed by atoms with Gasteiger partial charge in [-0.05, 0) is 30.0 Å². The molecule has 0 unspecified atom stereocenters. The van der Waals surface area contributed by atoms with Crippen LogP contribution in [-0.4, -0.2) is 5.11 Å².